The van der Waals surface area contributed by atoms with E-state index in [0.717, 1.165) is 50.3 Å². The van der Waals surface area contributed by atoms with Crippen LogP contribution in [0.4, 0.5) is 5.69 Å². The van der Waals surface area contributed by atoms with Gasteiger partial charge in [-0.25, -0.2) is 4.57 Å². The van der Waals surface area contributed by atoms with E-state index in [9.17, 15) is 10.2 Å². The van der Waals surface area contributed by atoms with E-state index in [0.29, 0.717) is 11.7 Å². The van der Waals surface area contributed by atoms with E-state index in [1.165, 1.54) is 22.1 Å². The van der Waals surface area contributed by atoms with Gasteiger partial charge in [-0.2, -0.15) is 0 Å². The molecule has 156 valence electrons. The Kier molecular flexibility index (Phi) is 4.91. The highest BCUT2D eigenvalue weighted by Gasteiger charge is 2.29. The van der Waals surface area contributed by atoms with Crippen molar-refractivity contribution >= 4 is 5.69 Å². The number of aromatic hydroxyl groups is 2. The van der Waals surface area contributed by atoms with Gasteiger partial charge < -0.3 is 15.1 Å². The van der Waals surface area contributed by atoms with Crippen LogP contribution in [0.5, 0.6) is 11.8 Å². The van der Waals surface area contributed by atoms with Gasteiger partial charge in [0.15, 0.2) is 0 Å². The molecule has 0 bridgehead atoms. The van der Waals surface area contributed by atoms with E-state index in [2.05, 4.69) is 34.1 Å². The first-order valence-electron chi connectivity index (χ1n) is 10.9. The summed E-state index contributed by atoms with van der Waals surface area (Å²) in [6.45, 7) is 5.67. The molecule has 0 radical (unpaired) electrons. The third kappa shape index (κ3) is 3.43. The largest absolute Gasteiger partial charge is 0.494 e. The minimum absolute atomic E-state index is 0.0673. The summed E-state index contributed by atoms with van der Waals surface area (Å²) < 4.78 is 1.51. The summed E-state index contributed by atoms with van der Waals surface area (Å²) in [7, 11) is 0. The van der Waals surface area contributed by atoms with Gasteiger partial charge in [0.25, 0.3) is 0 Å². The molecule has 0 saturated carbocycles. The Morgan fingerprint density at radius 2 is 1.57 bits per heavy atom. The van der Waals surface area contributed by atoms with Crippen LogP contribution in [0.2, 0.25) is 0 Å². The highest BCUT2D eigenvalue weighted by molar-refractivity contribution is 5.63. The predicted molar refractivity (Wildman–Crippen MR) is 120 cm³/mol. The Hall–Kier alpha value is -2.92. The number of anilines is 1. The van der Waals surface area contributed by atoms with Gasteiger partial charge in [-0.05, 0) is 49.4 Å². The summed E-state index contributed by atoms with van der Waals surface area (Å²) in [4.78, 5) is 4.79. The number of hydrogen-bond donors (Lipinski definition) is 2. The zero-order chi connectivity index (χ0) is 20.7. The zero-order valence-corrected chi connectivity index (χ0v) is 17.5. The molecule has 2 N–H and O–H groups in total. The summed E-state index contributed by atoms with van der Waals surface area (Å²) >= 11 is 0. The Labute approximate surface area is 177 Å². The van der Waals surface area contributed by atoms with Crippen LogP contribution in [0.1, 0.15) is 23.1 Å². The first-order valence-corrected chi connectivity index (χ1v) is 10.9. The van der Waals surface area contributed by atoms with Crippen molar-refractivity contribution in [3.8, 4) is 17.4 Å². The fraction of sp³-hybridized carbons (Fsp3) is 0.360. The lowest BCUT2D eigenvalue weighted by Gasteiger charge is -2.41. The van der Waals surface area contributed by atoms with Gasteiger partial charge in [0, 0.05) is 38.3 Å². The lowest BCUT2D eigenvalue weighted by atomic mass is 9.87. The second-order valence-electron chi connectivity index (χ2n) is 8.57. The topological polar surface area (TPSA) is 51.9 Å². The number of hydrogen-bond acceptors (Lipinski definition) is 4. The fourth-order valence-electron chi connectivity index (χ4n) is 4.97. The molecule has 1 fully saturated rings. The quantitative estimate of drug-likeness (QED) is 0.697. The summed E-state index contributed by atoms with van der Waals surface area (Å²) in [6, 6.07) is 18.9. The van der Waals surface area contributed by atoms with Crippen molar-refractivity contribution in [2.24, 2.45) is 0 Å². The molecule has 2 aliphatic rings. The lowest BCUT2D eigenvalue weighted by Crippen LogP contribution is -2.51. The smallest absolute Gasteiger partial charge is 0.223 e. The fourth-order valence-corrected chi connectivity index (χ4v) is 4.97. The SMILES string of the molecule is Cc1ccc(-n2c(O)cc(N3CCN(C4CCc5ccccc5C4)CC3)c2O)cc1. The first kappa shape index (κ1) is 19.1. The summed E-state index contributed by atoms with van der Waals surface area (Å²) in [5, 5.41) is 21.3. The van der Waals surface area contributed by atoms with E-state index in [4.69, 9.17) is 0 Å². The molecule has 0 spiro atoms. The number of aryl methyl sites for hydroxylation is 2. The molecule has 3 aromatic rings. The van der Waals surface area contributed by atoms with Crippen LogP contribution < -0.4 is 4.90 Å². The molecular formula is C25H29N3O2. The predicted octanol–water partition coefficient (Wildman–Crippen LogP) is 3.88. The van der Waals surface area contributed by atoms with Gasteiger partial charge in [-0.15, -0.1) is 0 Å². The van der Waals surface area contributed by atoms with E-state index in [1.54, 1.807) is 6.07 Å². The molecule has 5 nitrogen and oxygen atoms in total. The maximum atomic E-state index is 10.9. The normalized spacial score (nSPS) is 19.6. The van der Waals surface area contributed by atoms with Crippen LogP contribution >= 0.6 is 0 Å². The van der Waals surface area contributed by atoms with Gasteiger partial charge in [-0.3, -0.25) is 4.90 Å². The number of benzene rings is 2. The molecule has 2 aromatic carbocycles. The molecular weight excluding hydrogens is 374 g/mol. The van der Waals surface area contributed by atoms with Crippen molar-refractivity contribution in [3.63, 3.8) is 0 Å². The zero-order valence-electron chi connectivity index (χ0n) is 17.5. The van der Waals surface area contributed by atoms with Crippen LogP contribution in [0.15, 0.2) is 54.6 Å². The van der Waals surface area contributed by atoms with Gasteiger partial charge in [-0.1, -0.05) is 42.0 Å². The van der Waals surface area contributed by atoms with E-state index >= 15 is 0 Å². The number of rotatable bonds is 3. The number of aromatic nitrogens is 1. The molecule has 0 amide bonds. The monoisotopic (exact) mass is 403 g/mol. The van der Waals surface area contributed by atoms with Crippen molar-refractivity contribution < 1.29 is 10.2 Å². The third-order valence-corrected chi connectivity index (χ3v) is 6.72. The van der Waals surface area contributed by atoms with Crippen LogP contribution in [0.25, 0.3) is 5.69 Å². The summed E-state index contributed by atoms with van der Waals surface area (Å²) in [5.41, 5.74) is 5.62. The Balaban J connectivity index is 1.28. The molecule has 1 saturated heterocycles. The van der Waals surface area contributed by atoms with Crippen molar-refractivity contribution in [3.05, 3.63) is 71.3 Å². The highest BCUT2D eigenvalue weighted by atomic mass is 16.3. The summed E-state index contributed by atoms with van der Waals surface area (Å²) in [5.74, 6) is 0.175. The van der Waals surface area contributed by atoms with E-state index in [-0.39, 0.29) is 11.8 Å². The average Bonchev–Trinajstić information content (AvgIpc) is 3.08. The molecule has 1 aromatic heterocycles. The minimum atomic E-state index is 0.0673. The summed E-state index contributed by atoms with van der Waals surface area (Å²) in [6.07, 6.45) is 3.51. The molecule has 1 aliphatic heterocycles. The maximum Gasteiger partial charge on any atom is 0.223 e. The van der Waals surface area contributed by atoms with Gasteiger partial charge in [0.05, 0.1) is 5.69 Å². The van der Waals surface area contributed by atoms with Crippen LogP contribution in [0.3, 0.4) is 0 Å². The number of fused-ring (bicyclic) bond motifs is 1. The average molecular weight is 404 g/mol. The standard InChI is InChI=1S/C25H29N3O2/c1-18-6-9-21(10-7-18)28-24(29)17-23(25(28)30)27-14-12-26(13-15-27)22-11-8-19-4-2-3-5-20(19)16-22/h2-7,9-10,17,22,29-30H,8,11-16H2,1H3. The maximum absolute atomic E-state index is 10.9. The molecule has 30 heavy (non-hydrogen) atoms. The van der Waals surface area contributed by atoms with Crippen LogP contribution in [-0.4, -0.2) is 51.9 Å². The number of nitrogens with zero attached hydrogens (tertiary/aromatic N) is 3. The van der Waals surface area contributed by atoms with Gasteiger partial charge in [0.2, 0.25) is 11.8 Å². The van der Waals surface area contributed by atoms with Crippen molar-refractivity contribution in [1.29, 1.82) is 0 Å². The van der Waals surface area contributed by atoms with Gasteiger partial charge in [0.1, 0.15) is 5.69 Å². The second-order valence-corrected chi connectivity index (χ2v) is 8.57. The molecule has 1 atom stereocenters. The minimum Gasteiger partial charge on any atom is -0.494 e. The Morgan fingerprint density at radius 3 is 2.30 bits per heavy atom. The molecule has 1 aliphatic carbocycles. The van der Waals surface area contributed by atoms with Crippen LogP contribution in [-0.2, 0) is 12.8 Å². The highest BCUT2D eigenvalue weighted by Crippen LogP contribution is 2.38. The van der Waals surface area contributed by atoms with Crippen molar-refractivity contribution in [1.82, 2.24) is 9.47 Å². The second kappa shape index (κ2) is 7.73. The lowest BCUT2D eigenvalue weighted by molar-refractivity contribution is 0.169. The Morgan fingerprint density at radius 1 is 0.867 bits per heavy atom. The Bertz CT molecular complexity index is 1030. The molecule has 5 heteroatoms. The van der Waals surface area contributed by atoms with Crippen molar-refractivity contribution in [2.45, 2.75) is 32.2 Å². The first-order chi connectivity index (χ1) is 14.6. The molecule has 5 rings (SSSR count). The number of piperazine rings is 1. The van der Waals surface area contributed by atoms with E-state index < -0.39 is 0 Å². The van der Waals surface area contributed by atoms with Crippen molar-refractivity contribution in [2.75, 3.05) is 31.1 Å². The van der Waals surface area contributed by atoms with Crippen LogP contribution in [0, 0.1) is 6.92 Å². The van der Waals surface area contributed by atoms with E-state index in [1.807, 2.05) is 31.2 Å². The molecule has 2 heterocycles. The van der Waals surface area contributed by atoms with Gasteiger partial charge >= 0.3 is 0 Å². The molecule has 1 unspecified atom stereocenters. The third-order valence-electron chi connectivity index (χ3n) is 6.72.